The van der Waals surface area contributed by atoms with Gasteiger partial charge < -0.3 is 14.9 Å². The lowest BCUT2D eigenvalue weighted by atomic mass is 9.87. The van der Waals surface area contributed by atoms with Crippen LogP contribution >= 0.6 is 0 Å². The lowest BCUT2D eigenvalue weighted by Gasteiger charge is -2.36. The van der Waals surface area contributed by atoms with E-state index in [9.17, 15) is 18.0 Å². The molecule has 2 aliphatic rings. The number of nitrogens with zero attached hydrogens (tertiary/aromatic N) is 2. The topological polar surface area (TPSA) is 114 Å². The van der Waals surface area contributed by atoms with Crippen molar-refractivity contribution in [3.8, 4) is 0 Å². The van der Waals surface area contributed by atoms with Crippen LogP contribution in [0, 0.1) is 0 Å². The minimum absolute atomic E-state index is 0.0420. The summed E-state index contributed by atoms with van der Waals surface area (Å²) in [6.07, 6.45) is 1.17. The van der Waals surface area contributed by atoms with E-state index < -0.39 is 27.5 Å². The number of piperidine rings is 1. The van der Waals surface area contributed by atoms with E-state index in [4.69, 9.17) is 9.57 Å². The molecule has 1 N–H and O–H groups in total. The van der Waals surface area contributed by atoms with Gasteiger partial charge in [-0.05, 0) is 12.5 Å². The van der Waals surface area contributed by atoms with Gasteiger partial charge in [0.15, 0.2) is 0 Å². The van der Waals surface area contributed by atoms with Gasteiger partial charge in [0.25, 0.3) is 5.91 Å². The van der Waals surface area contributed by atoms with Crippen LogP contribution in [0.4, 0.5) is 0 Å². The smallest absolute Gasteiger partial charge is 0.325 e. The van der Waals surface area contributed by atoms with E-state index in [1.165, 1.54) is 4.31 Å². The van der Waals surface area contributed by atoms with Crippen molar-refractivity contribution in [2.45, 2.75) is 37.5 Å². The van der Waals surface area contributed by atoms with Gasteiger partial charge >= 0.3 is 5.97 Å². The molecule has 0 saturated carbocycles. The van der Waals surface area contributed by atoms with Gasteiger partial charge in [0.05, 0.1) is 12.4 Å². The van der Waals surface area contributed by atoms with Crippen molar-refractivity contribution in [1.29, 1.82) is 0 Å². The molecule has 9 nitrogen and oxygen atoms in total. The molecule has 2 heterocycles. The van der Waals surface area contributed by atoms with Crippen molar-refractivity contribution in [2.75, 3.05) is 26.2 Å². The molecular weight excluding hydrogens is 398 g/mol. The number of carbonyl (C=O) groups excluding carboxylic acids is 2. The summed E-state index contributed by atoms with van der Waals surface area (Å²) in [5.74, 6) is -1.04. The zero-order valence-corrected chi connectivity index (χ0v) is 17.1. The van der Waals surface area contributed by atoms with E-state index in [1.807, 2.05) is 18.2 Å². The quantitative estimate of drug-likeness (QED) is 0.649. The minimum atomic E-state index is -3.43. The van der Waals surface area contributed by atoms with Crippen molar-refractivity contribution in [2.24, 2.45) is 5.16 Å². The molecule has 29 heavy (non-hydrogen) atoms. The van der Waals surface area contributed by atoms with Gasteiger partial charge in [-0.2, -0.15) is 0 Å². The Labute approximate surface area is 170 Å². The van der Waals surface area contributed by atoms with Crippen LogP contribution in [0.15, 0.2) is 35.5 Å². The van der Waals surface area contributed by atoms with Crippen LogP contribution in [-0.4, -0.2) is 62.2 Å². The summed E-state index contributed by atoms with van der Waals surface area (Å²) in [4.78, 5) is 29.1. The lowest BCUT2D eigenvalue weighted by molar-refractivity contribution is -0.142. The number of oxime groups is 1. The summed E-state index contributed by atoms with van der Waals surface area (Å²) in [7, 11) is -3.43. The first-order chi connectivity index (χ1) is 13.8. The van der Waals surface area contributed by atoms with Gasteiger partial charge in [-0.15, -0.1) is 0 Å². The maximum atomic E-state index is 12.7. The third kappa shape index (κ3) is 5.33. The number of hydrogen-bond donors (Lipinski definition) is 1. The molecule has 1 aromatic carbocycles. The summed E-state index contributed by atoms with van der Waals surface area (Å²) in [6.45, 7) is 2.31. The Hall–Kier alpha value is -2.46. The molecule has 0 atom stereocenters. The zero-order chi connectivity index (χ0) is 20.9. The molecule has 1 saturated heterocycles. The summed E-state index contributed by atoms with van der Waals surface area (Å²) in [5.41, 5.74) is 0.277. The summed E-state index contributed by atoms with van der Waals surface area (Å²) in [5, 5.41) is 6.34. The number of sulfonamides is 1. The second kappa shape index (κ2) is 8.91. The van der Waals surface area contributed by atoms with Crippen molar-refractivity contribution in [1.82, 2.24) is 9.62 Å². The first-order valence-corrected chi connectivity index (χ1v) is 11.2. The van der Waals surface area contributed by atoms with Gasteiger partial charge in [0.2, 0.25) is 10.0 Å². The Bertz CT molecular complexity index is 876. The molecule has 1 fully saturated rings. The average Bonchev–Trinajstić information content (AvgIpc) is 3.11. The number of ether oxygens (including phenoxy) is 1. The Morgan fingerprint density at radius 1 is 1.24 bits per heavy atom. The largest absolute Gasteiger partial charge is 0.465 e. The second-order valence-corrected chi connectivity index (χ2v) is 9.09. The highest BCUT2D eigenvalue weighted by Crippen LogP contribution is 2.35. The molecule has 10 heteroatoms. The van der Waals surface area contributed by atoms with Crippen molar-refractivity contribution < 1.29 is 27.6 Å². The molecule has 0 unspecified atom stereocenters. The molecule has 1 spiro atoms. The SMILES string of the molecule is CCOC(=O)CNC(=O)C1=NOC2(CCN(S(=O)(=O)Cc3ccccc3)CC2)C1. The van der Waals surface area contributed by atoms with E-state index in [-0.39, 0.29) is 31.0 Å². The van der Waals surface area contributed by atoms with E-state index in [0.717, 1.165) is 5.56 Å². The number of hydrogen-bond acceptors (Lipinski definition) is 7. The van der Waals surface area contributed by atoms with Crippen LogP contribution in [0.1, 0.15) is 31.7 Å². The zero-order valence-electron chi connectivity index (χ0n) is 16.3. The van der Waals surface area contributed by atoms with Crippen molar-refractivity contribution >= 4 is 27.6 Å². The first-order valence-electron chi connectivity index (χ1n) is 9.54. The molecule has 1 aromatic rings. The fraction of sp³-hybridized carbons (Fsp3) is 0.526. The van der Waals surface area contributed by atoms with Crippen LogP contribution in [0.5, 0.6) is 0 Å². The normalized spacial score (nSPS) is 18.7. The van der Waals surface area contributed by atoms with E-state index >= 15 is 0 Å². The number of rotatable bonds is 7. The number of esters is 1. The second-order valence-electron chi connectivity index (χ2n) is 7.12. The highest BCUT2D eigenvalue weighted by atomic mass is 32.2. The summed E-state index contributed by atoms with van der Waals surface area (Å²) < 4.78 is 31.6. The summed E-state index contributed by atoms with van der Waals surface area (Å²) in [6, 6.07) is 9.05. The molecule has 158 valence electrons. The maximum Gasteiger partial charge on any atom is 0.325 e. The Balaban J connectivity index is 1.50. The fourth-order valence-corrected chi connectivity index (χ4v) is 4.96. The number of benzene rings is 1. The van der Waals surface area contributed by atoms with Gasteiger partial charge in [0, 0.05) is 32.4 Å². The van der Waals surface area contributed by atoms with Crippen molar-refractivity contribution in [3.05, 3.63) is 35.9 Å². The van der Waals surface area contributed by atoms with Crippen molar-refractivity contribution in [3.63, 3.8) is 0 Å². The average molecular weight is 423 g/mol. The molecule has 3 rings (SSSR count). The lowest BCUT2D eigenvalue weighted by Crippen LogP contribution is -2.47. The highest BCUT2D eigenvalue weighted by Gasteiger charge is 2.45. The highest BCUT2D eigenvalue weighted by molar-refractivity contribution is 7.88. The molecular formula is C19H25N3O6S. The molecule has 0 aromatic heterocycles. The number of amides is 1. The van der Waals surface area contributed by atoms with Crippen LogP contribution < -0.4 is 5.32 Å². The van der Waals surface area contributed by atoms with Crippen LogP contribution in [-0.2, 0) is 34.9 Å². The Kier molecular flexibility index (Phi) is 6.53. The molecule has 2 aliphatic heterocycles. The maximum absolute atomic E-state index is 12.7. The minimum Gasteiger partial charge on any atom is -0.465 e. The fourth-order valence-electron chi connectivity index (χ4n) is 3.43. The van der Waals surface area contributed by atoms with Gasteiger partial charge in [-0.1, -0.05) is 35.5 Å². The molecule has 0 aliphatic carbocycles. The first kappa shape index (κ1) is 21.3. The molecule has 0 bridgehead atoms. The predicted molar refractivity (Wildman–Crippen MR) is 105 cm³/mol. The summed E-state index contributed by atoms with van der Waals surface area (Å²) >= 11 is 0. The van der Waals surface area contributed by atoms with E-state index in [0.29, 0.717) is 25.9 Å². The van der Waals surface area contributed by atoms with E-state index in [2.05, 4.69) is 10.5 Å². The standard InChI is InChI=1S/C19H25N3O6S/c1-2-27-17(23)13-20-18(24)16-12-19(28-21-16)8-10-22(11-9-19)29(25,26)14-15-6-4-3-5-7-15/h3-7H,2,8-14H2,1H3,(H,20,24). The number of carbonyl (C=O) groups is 2. The predicted octanol–water partition coefficient (Wildman–Crippen LogP) is 0.807. The van der Waals surface area contributed by atoms with Crippen LogP contribution in [0.3, 0.4) is 0 Å². The van der Waals surface area contributed by atoms with Gasteiger partial charge in [0.1, 0.15) is 17.9 Å². The third-order valence-corrected chi connectivity index (χ3v) is 6.87. The van der Waals surface area contributed by atoms with Crippen LogP contribution in [0.25, 0.3) is 0 Å². The van der Waals surface area contributed by atoms with Gasteiger partial charge in [-0.3, -0.25) is 9.59 Å². The monoisotopic (exact) mass is 423 g/mol. The van der Waals surface area contributed by atoms with E-state index in [1.54, 1.807) is 19.1 Å². The molecule has 0 radical (unpaired) electrons. The van der Waals surface area contributed by atoms with Gasteiger partial charge in [-0.25, -0.2) is 12.7 Å². The molecule has 1 amide bonds. The Morgan fingerprint density at radius 2 is 1.93 bits per heavy atom. The Morgan fingerprint density at radius 3 is 2.59 bits per heavy atom. The number of nitrogens with one attached hydrogen (secondary N) is 1. The van der Waals surface area contributed by atoms with Crippen LogP contribution in [0.2, 0.25) is 0 Å². The third-order valence-electron chi connectivity index (χ3n) is 5.02.